The van der Waals surface area contributed by atoms with Gasteiger partial charge < -0.3 is 4.55 Å². The van der Waals surface area contributed by atoms with Crippen molar-refractivity contribution in [1.29, 1.82) is 0 Å². The van der Waals surface area contributed by atoms with Crippen molar-refractivity contribution in [2.45, 2.75) is 24.8 Å². The molecule has 0 unspecified atom stereocenters. The van der Waals surface area contributed by atoms with Gasteiger partial charge in [-0.25, -0.2) is 22.2 Å². The molecule has 0 radical (unpaired) electrons. The minimum Gasteiger partial charge on any atom is -0.747 e. The summed E-state index contributed by atoms with van der Waals surface area (Å²) in [6.07, 6.45) is -5.02. The number of aromatic nitrogens is 2. The van der Waals surface area contributed by atoms with Gasteiger partial charge in [-0.15, -0.1) is 0 Å². The Morgan fingerprint density at radius 1 is 1.11 bits per heavy atom. The molecule has 0 amide bonds. The highest BCUT2D eigenvalue weighted by Crippen LogP contribution is 2.36. The molecule has 13 heteroatoms. The second-order valence-electron chi connectivity index (χ2n) is 6.29. The first-order valence-corrected chi connectivity index (χ1v) is 9.14. The first kappa shape index (κ1) is 22.1. The molecular formula is C15H12ClF4N2O5S-. The highest BCUT2D eigenvalue weighted by atomic mass is 35.5. The lowest BCUT2D eigenvalue weighted by molar-refractivity contribution is -0.144. The van der Waals surface area contributed by atoms with Crippen LogP contribution in [0.5, 0.6) is 0 Å². The largest absolute Gasteiger partial charge is 0.747 e. The normalized spacial score (nSPS) is 13.0. The van der Waals surface area contributed by atoms with E-state index in [1.54, 1.807) is 0 Å². The maximum Gasteiger partial charge on any atom is 0.431 e. The van der Waals surface area contributed by atoms with E-state index in [9.17, 15) is 40.1 Å². The number of alkyl halides is 3. The van der Waals surface area contributed by atoms with Gasteiger partial charge in [-0.3, -0.25) is 9.36 Å². The van der Waals surface area contributed by atoms with Crippen molar-refractivity contribution >= 4 is 21.7 Å². The van der Waals surface area contributed by atoms with E-state index >= 15 is 0 Å². The van der Waals surface area contributed by atoms with E-state index in [1.807, 2.05) is 0 Å². The lowest BCUT2D eigenvalue weighted by Crippen LogP contribution is -2.41. The minimum absolute atomic E-state index is 0.0813. The molecule has 0 N–H and O–H groups in total. The molecule has 154 valence electrons. The van der Waals surface area contributed by atoms with Gasteiger partial charge in [0.15, 0.2) is 0 Å². The van der Waals surface area contributed by atoms with Gasteiger partial charge >= 0.3 is 11.9 Å². The quantitative estimate of drug-likeness (QED) is 0.534. The molecule has 1 aromatic carbocycles. The first-order chi connectivity index (χ1) is 12.5. The van der Waals surface area contributed by atoms with Crippen LogP contribution in [-0.2, 0) is 28.1 Å². The predicted molar refractivity (Wildman–Crippen MR) is 90.0 cm³/mol. The van der Waals surface area contributed by atoms with Crippen LogP contribution in [0.2, 0.25) is 5.02 Å². The number of hydrogen-bond donors (Lipinski definition) is 0. The van der Waals surface area contributed by atoms with Gasteiger partial charge in [0.1, 0.15) is 21.6 Å². The summed E-state index contributed by atoms with van der Waals surface area (Å²) in [5, 5.41) is -0.484. The van der Waals surface area contributed by atoms with E-state index < -0.39 is 60.1 Å². The van der Waals surface area contributed by atoms with E-state index in [-0.39, 0.29) is 15.2 Å². The molecule has 2 aromatic rings. The standard InChI is InChI=1S/C15H13ClF4N2O5S/c1-14(2,28(25,26)27)7-4-10(9(17)5-8(7)16)22-12(23)6-11(15(18,19)20)21(3)13(22)24/h4-6H,1-3H3,(H,25,26,27)/p-1. The van der Waals surface area contributed by atoms with Gasteiger partial charge in [-0.2, -0.15) is 13.2 Å². The Labute approximate surface area is 160 Å². The number of benzene rings is 1. The summed E-state index contributed by atoms with van der Waals surface area (Å²) in [6.45, 7) is 1.93. The molecule has 0 saturated carbocycles. The van der Waals surface area contributed by atoms with Crippen LogP contribution in [0.15, 0.2) is 27.8 Å². The highest BCUT2D eigenvalue weighted by molar-refractivity contribution is 7.86. The summed E-state index contributed by atoms with van der Waals surface area (Å²) >= 11 is 5.81. The third kappa shape index (κ3) is 3.59. The molecule has 1 heterocycles. The van der Waals surface area contributed by atoms with Crippen LogP contribution < -0.4 is 11.2 Å². The van der Waals surface area contributed by atoms with Crippen molar-refractivity contribution in [3.63, 3.8) is 0 Å². The Morgan fingerprint density at radius 3 is 2.11 bits per heavy atom. The van der Waals surface area contributed by atoms with E-state index in [2.05, 4.69) is 0 Å². The molecule has 2 rings (SSSR count). The molecule has 0 aliphatic heterocycles. The first-order valence-electron chi connectivity index (χ1n) is 7.35. The van der Waals surface area contributed by atoms with Crippen LogP contribution in [0.3, 0.4) is 0 Å². The molecule has 0 atom stereocenters. The smallest absolute Gasteiger partial charge is 0.431 e. The van der Waals surface area contributed by atoms with Crippen LogP contribution >= 0.6 is 11.6 Å². The lowest BCUT2D eigenvalue weighted by Gasteiger charge is -2.30. The summed E-state index contributed by atoms with van der Waals surface area (Å²) in [5.41, 5.74) is -5.89. The molecule has 0 fully saturated rings. The molecule has 0 saturated heterocycles. The van der Waals surface area contributed by atoms with Crippen LogP contribution in [0.1, 0.15) is 25.1 Å². The van der Waals surface area contributed by atoms with Crippen molar-refractivity contribution in [2.24, 2.45) is 7.05 Å². The van der Waals surface area contributed by atoms with E-state index in [4.69, 9.17) is 11.6 Å². The maximum atomic E-state index is 14.4. The topological polar surface area (TPSA) is 101 Å². The average molecular weight is 444 g/mol. The van der Waals surface area contributed by atoms with Gasteiger partial charge in [0, 0.05) is 18.1 Å². The highest BCUT2D eigenvalue weighted by Gasteiger charge is 2.36. The Bertz CT molecular complexity index is 1180. The Balaban J connectivity index is 2.92. The summed E-state index contributed by atoms with van der Waals surface area (Å²) < 4.78 is 85.7. The van der Waals surface area contributed by atoms with E-state index in [0.717, 1.165) is 20.9 Å². The Morgan fingerprint density at radius 2 is 1.64 bits per heavy atom. The van der Waals surface area contributed by atoms with Crippen LogP contribution in [0, 0.1) is 5.82 Å². The third-order valence-electron chi connectivity index (χ3n) is 4.16. The SMILES string of the molecule is Cn1c(C(F)(F)F)cc(=O)n(-c2cc(C(C)(C)S(=O)(=O)[O-])c(Cl)cc2F)c1=O. The maximum absolute atomic E-state index is 14.4. The van der Waals surface area contributed by atoms with Gasteiger partial charge in [-0.05, 0) is 31.5 Å². The molecule has 0 aliphatic carbocycles. The average Bonchev–Trinajstić information content (AvgIpc) is 2.50. The fourth-order valence-electron chi connectivity index (χ4n) is 2.42. The molecule has 0 aliphatic rings. The Hall–Kier alpha value is -2.18. The second kappa shape index (κ2) is 6.71. The molecular weight excluding hydrogens is 432 g/mol. The predicted octanol–water partition coefficient (Wildman–Crippen LogP) is 2.13. The molecule has 7 nitrogen and oxygen atoms in total. The minimum atomic E-state index is -5.02. The van der Waals surface area contributed by atoms with Gasteiger partial charge in [-0.1, -0.05) is 11.6 Å². The van der Waals surface area contributed by atoms with Gasteiger partial charge in [0.2, 0.25) is 0 Å². The number of hydrogen-bond acceptors (Lipinski definition) is 5. The van der Waals surface area contributed by atoms with E-state index in [1.165, 1.54) is 0 Å². The fourth-order valence-corrected chi connectivity index (χ4v) is 3.31. The lowest BCUT2D eigenvalue weighted by atomic mass is 10.0. The van der Waals surface area contributed by atoms with Crippen molar-refractivity contribution in [2.75, 3.05) is 0 Å². The zero-order valence-corrected chi connectivity index (χ0v) is 16.0. The van der Waals surface area contributed by atoms with E-state index in [0.29, 0.717) is 12.1 Å². The zero-order chi connectivity index (χ0) is 21.8. The van der Waals surface area contributed by atoms with Gasteiger partial charge in [0.05, 0.1) is 10.4 Å². The van der Waals surface area contributed by atoms with Crippen LogP contribution in [0.4, 0.5) is 17.6 Å². The monoisotopic (exact) mass is 443 g/mol. The molecule has 0 spiro atoms. The molecule has 0 bridgehead atoms. The van der Waals surface area contributed by atoms with Gasteiger partial charge in [0.25, 0.3) is 5.56 Å². The summed E-state index contributed by atoms with van der Waals surface area (Å²) in [6, 6.07) is 1.32. The van der Waals surface area contributed by atoms with Crippen molar-refractivity contribution in [1.82, 2.24) is 9.13 Å². The fraction of sp³-hybridized carbons (Fsp3) is 0.333. The van der Waals surface area contributed by atoms with Crippen molar-refractivity contribution in [3.8, 4) is 5.69 Å². The summed E-state index contributed by atoms with van der Waals surface area (Å²) in [7, 11) is -4.30. The van der Waals surface area contributed by atoms with Crippen LogP contribution in [0.25, 0.3) is 5.69 Å². The third-order valence-corrected chi connectivity index (χ3v) is 5.94. The van der Waals surface area contributed by atoms with Crippen LogP contribution in [-0.4, -0.2) is 22.1 Å². The van der Waals surface area contributed by atoms with Crippen molar-refractivity contribution in [3.05, 3.63) is 61.1 Å². The number of rotatable bonds is 3. The van der Waals surface area contributed by atoms with Crippen molar-refractivity contribution < 1.29 is 30.5 Å². The zero-order valence-electron chi connectivity index (χ0n) is 14.5. The number of nitrogens with zero attached hydrogens (tertiary/aromatic N) is 2. The second-order valence-corrected chi connectivity index (χ2v) is 8.63. The molecule has 1 aromatic heterocycles. The Kier molecular flexibility index (Phi) is 5.30. The summed E-state index contributed by atoms with van der Waals surface area (Å²) in [5.74, 6) is -1.29. The number of halogens is 5. The molecule has 28 heavy (non-hydrogen) atoms. The summed E-state index contributed by atoms with van der Waals surface area (Å²) in [4.78, 5) is 24.4.